The van der Waals surface area contributed by atoms with Gasteiger partial charge in [-0.1, -0.05) is 30.3 Å². The molecule has 0 spiro atoms. The predicted octanol–water partition coefficient (Wildman–Crippen LogP) is 1.85. The van der Waals surface area contributed by atoms with Crippen molar-refractivity contribution in [3.63, 3.8) is 0 Å². The van der Waals surface area contributed by atoms with Gasteiger partial charge in [0.15, 0.2) is 0 Å². The van der Waals surface area contributed by atoms with Gasteiger partial charge in [-0.15, -0.1) is 5.10 Å². The highest BCUT2D eigenvalue weighted by Gasteiger charge is 2.02. The molecule has 0 aliphatic rings. The molecule has 0 atom stereocenters. The van der Waals surface area contributed by atoms with Crippen LogP contribution in [0.5, 0.6) is 0 Å². The van der Waals surface area contributed by atoms with Gasteiger partial charge in [0, 0.05) is 5.56 Å². The summed E-state index contributed by atoms with van der Waals surface area (Å²) in [5.74, 6) is 0. The zero-order valence-electron chi connectivity index (χ0n) is 7.31. The average Bonchev–Trinajstić information content (AvgIpc) is 2.20. The van der Waals surface area contributed by atoms with Crippen molar-refractivity contribution in [1.29, 1.82) is 0 Å². The van der Waals surface area contributed by atoms with Crippen LogP contribution < -0.4 is 0 Å². The predicted molar refractivity (Wildman–Crippen MR) is 50.0 cm³/mol. The van der Waals surface area contributed by atoms with Gasteiger partial charge in [-0.25, -0.2) is 4.98 Å². The molecule has 0 bridgehead atoms. The lowest BCUT2D eigenvalue weighted by Crippen LogP contribution is -1.93. The summed E-state index contributed by atoms with van der Waals surface area (Å²) in [6, 6.07) is 9.97. The first kappa shape index (κ1) is 7.86. The molecule has 0 radical (unpaired) electrons. The molecule has 2 aromatic rings. The van der Waals surface area contributed by atoms with E-state index in [1.165, 1.54) is 6.33 Å². The number of rotatable bonds is 1. The van der Waals surface area contributed by atoms with E-state index in [9.17, 15) is 0 Å². The van der Waals surface area contributed by atoms with E-state index in [1.807, 2.05) is 37.3 Å². The Bertz CT molecular complexity index is 398. The molecule has 64 valence electrons. The summed E-state index contributed by atoms with van der Waals surface area (Å²) in [4.78, 5) is 4.17. The normalized spacial score (nSPS) is 9.92. The minimum absolute atomic E-state index is 0.855. The van der Waals surface area contributed by atoms with Gasteiger partial charge in [-0.3, -0.25) is 0 Å². The van der Waals surface area contributed by atoms with Crippen LogP contribution >= 0.6 is 0 Å². The molecule has 3 nitrogen and oxygen atoms in total. The Morgan fingerprint density at radius 1 is 1.08 bits per heavy atom. The highest BCUT2D eigenvalue weighted by molar-refractivity contribution is 5.60. The molecule has 13 heavy (non-hydrogen) atoms. The van der Waals surface area contributed by atoms with Gasteiger partial charge in [0.1, 0.15) is 6.33 Å². The van der Waals surface area contributed by atoms with Crippen LogP contribution in [0, 0.1) is 6.92 Å². The van der Waals surface area contributed by atoms with Crippen LogP contribution in [0.4, 0.5) is 0 Å². The highest BCUT2D eigenvalue weighted by atomic mass is 15.1. The van der Waals surface area contributed by atoms with Crippen molar-refractivity contribution in [2.75, 3.05) is 0 Å². The van der Waals surface area contributed by atoms with Crippen LogP contribution in [-0.2, 0) is 0 Å². The van der Waals surface area contributed by atoms with Gasteiger partial charge in [0.25, 0.3) is 0 Å². The van der Waals surface area contributed by atoms with E-state index in [1.54, 1.807) is 0 Å². The summed E-state index contributed by atoms with van der Waals surface area (Å²) in [6.45, 7) is 1.91. The number of nitrogens with zero attached hydrogens (tertiary/aromatic N) is 3. The van der Waals surface area contributed by atoms with Gasteiger partial charge in [0.2, 0.25) is 0 Å². The second-order valence-electron chi connectivity index (χ2n) is 2.76. The fraction of sp³-hybridized carbons (Fsp3) is 0.100. The van der Waals surface area contributed by atoms with Crippen LogP contribution in [0.1, 0.15) is 5.69 Å². The SMILES string of the molecule is Cc1nncnc1-c1ccccc1. The third-order valence-electron chi connectivity index (χ3n) is 1.84. The lowest BCUT2D eigenvalue weighted by Gasteiger charge is -2.00. The Morgan fingerprint density at radius 2 is 1.85 bits per heavy atom. The topological polar surface area (TPSA) is 38.7 Å². The molecule has 0 fully saturated rings. The number of hydrogen-bond donors (Lipinski definition) is 0. The molecule has 0 N–H and O–H groups in total. The van der Waals surface area contributed by atoms with Crippen molar-refractivity contribution in [2.24, 2.45) is 0 Å². The standard InChI is InChI=1S/C10H9N3/c1-8-10(11-7-12-13-8)9-5-3-2-4-6-9/h2-7H,1H3. The highest BCUT2D eigenvalue weighted by Crippen LogP contribution is 2.16. The molecule has 1 heterocycles. The number of aromatic nitrogens is 3. The summed E-state index contributed by atoms with van der Waals surface area (Å²) in [6.07, 6.45) is 1.47. The zero-order chi connectivity index (χ0) is 9.10. The minimum atomic E-state index is 0.855. The third-order valence-corrected chi connectivity index (χ3v) is 1.84. The molecule has 0 amide bonds. The molecule has 0 saturated heterocycles. The fourth-order valence-corrected chi connectivity index (χ4v) is 1.22. The summed E-state index contributed by atoms with van der Waals surface area (Å²) in [7, 11) is 0. The Kier molecular flexibility index (Phi) is 2.00. The van der Waals surface area contributed by atoms with Gasteiger partial charge in [-0.05, 0) is 6.92 Å². The van der Waals surface area contributed by atoms with Gasteiger partial charge in [0.05, 0.1) is 11.4 Å². The first-order valence-electron chi connectivity index (χ1n) is 4.07. The van der Waals surface area contributed by atoms with E-state index in [4.69, 9.17) is 0 Å². The number of aryl methyl sites for hydroxylation is 1. The van der Waals surface area contributed by atoms with E-state index in [-0.39, 0.29) is 0 Å². The molecule has 1 aromatic carbocycles. The van der Waals surface area contributed by atoms with E-state index < -0.39 is 0 Å². The van der Waals surface area contributed by atoms with Crippen molar-refractivity contribution in [3.05, 3.63) is 42.4 Å². The molecular formula is C10H9N3. The van der Waals surface area contributed by atoms with Crippen molar-refractivity contribution in [1.82, 2.24) is 15.2 Å². The van der Waals surface area contributed by atoms with E-state index in [2.05, 4.69) is 15.2 Å². The number of benzene rings is 1. The third kappa shape index (κ3) is 1.54. The maximum atomic E-state index is 4.17. The molecule has 1 aromatic heterocycles. The number of hydrogen-bond acceptors (Lipinski definition) is 3. The largest absolute Gasteiger partial charge is 0.232 e. The Hall–Kier alpha value is -1.77. The monoisotopic (exact) mass is 171 g/mol. The van der Waals surface area contributed by atoms with Crippen molar-refractivity contribution < 1.29 is 0 Å². The van der Waals surface area contributed by atoms with Crippen LogP contribution in [0.15, 0.2) is 36.7 Å². The Morgan fingerprint density at radius 3 is 2.54 bits per heavy atom. The maximum Gasteiger partial charge on any atom is 0.138 e. The summed E-state index contributed by atoms with van der Waals surface area (Å²) in [5.41, 5.74) is 2.83. The minimum Gasteiger partial charge on any atom is -0.232 e. The Balaban J connectivity index is 2.54. The summed E-state index contributed by atoms with van der Waals surface area (Å²) in [5, 5.41) is 7.65. The maximum absolute atomic E-state index is 4.17. The second-order valence-corrected chi connectivity index (χ2v) is 2.76. The smallest absolute Gasteiger partial charge is 0.138 e. The molecule has 0 aliphatic carbocycles. The van der Waals surface area contributed by atoms with Gasteiger partial charge >= 0.3 is 0 Å². The lowest BCUT2D eigenvalue weighted by atomic mass is 10.1. The van der Waals surface area contributed by atoms with Crippen LogP contribution in [0.3, 0.4) is 0 Å². The average molecular weight is 171 g/mol. The van der Waals surface area contributed by atoms with E-state index in [0.29, 0.717) is 0 Å². The van der Waals surface area contributed by atoms with Gasteiger partial charge in [-0.2, -0.15) is 5.10 Å². The van der Waals surface area contributed by atoms with Crippen LogP contribution in [-0.4, -0.2) is 15.2 Å². The van der Waals surface area contributed by atoms with E-state index in [0.717, 1.165) is 17.0 Å². The molecule has 2 rings (SSSR count). The Labute approximate surface area is 76.5 Å². The fourth-order valence-electron chi connectivity index (χ4n) is 1.22. The molecule has 3 heteroatoms. The molecule has 0 saturated carbocycles. The second kappa shape index (κ2) is 3.31. The zero-order valence-corrected chi connectivity index (χ0v) is 7.31. The summed E-state index contributed by atoms with van der Waals surface area (Å²) < 4.78 is 0. The molecule has 0 aliphatic heterocycles. The molecule has 0 unspecified atom stereocenters. The quantitative estimate of drug-likeness (QED) is 0.657. The van der Waals surface area contributed by atoms with Crippen molar-refractivity contribution in [3.8, 4) is 11.3 Å². The van der Waals surface area contributed by atoms with Crippen molar-refractivity contribution >= 4 is 0 Å². The van der Waals surface area contributed by atoms with Crippen LogP contribution in [0.2, 0.25) is 0 Å². The van der Waals surface area contributed by atoms with E-state index >= 15 is 0 Å². The molecular weight excluding hydrogens is 162 g/mol. The van der Waals surface area contributed by atoms with Crippen molar-refractivity contribution in [2.45, 2.75) is 6.92 Å². The van der Waals surface area contributed by atoms with Gasteiger partial charge < -0.3 is 0 Å². The first-order chi connectivity index (χ1) is 6.38. The van der Waals surface area contributed by atoms with Crippen LogP contribution in [0.25, 0.3) is 11.3 Å². The summed E-state index contributed by atoms with van der Waals surface area (Å²) >= 11 is 0. The first-order valence-corrected chi connectivity index (χ1v) is 4.07. The lowest BCUT2D eigenvalue weighted by molar-refractivity contribution is 0.931.